The highest BCUT2D eigenvalue weighted by Crippen LogP contribution is 2.33. The van der Waals surface area contributed by atoms with E-state index in [2.05, 4.69) is 14.7 Å². The lowest BCUT2D eigenvalue weighted by atomic mass is 10.3. The number of carbonyl (C=O) groups is 1. The first-order valence-electron chi connectivity index (χ1n) is 7.67. The molecule has 0 bridgehead atoms. The van der Waals surface area contributed by atoms with Crippen LogP contribution in [-0.4, -0.2) is 29.5 Å². The summed E-state index contributed by atoms with van der Waals surface area (Å²) < 4.78 is 33.2. The van der Waals surface area contributed by atoms with Gasteiger partial charge in [-0.3, -0.25) is 4.72 Å². The van der Waals surface area contributed by atoms with Crippen LogP contribution in [0.5, 0.6) is 11.6 Å². The maximum Gasteiger partial charge on any atom is 0.358 e. The minimum absolute atomic E-state index is 0.0525. The van der Waals surface area contributed by atoms with Gasteiger partial charge in [-0.05, 0) is 36.4 Å². The van der Waals surface area contributed by atoms with Gasteiger partial charge in [0.1, 0.15) is 5.69 Å². The second-order valence-electron chi connectivity index (χ2n) is 5.45. The van der Waals surface area contributed by atoms with Crippen molar-refractivity contribution >= 4 is 56.5 Å². The Morgan fingerprint density at radius 3 is 2.52 bits per heavy atom. The van der Waals surface area contributed by atoms with Crippen molar-refractivity contribution in [3.05, 3.63) is 69.6 Å². The van der Waals surface area contributed by atoms with Crippen LogP contribution >= 0.6 is 34.8 Å². The van der Waals surface area contributed by atoms with Crippen molar-refractivity contribution in [2.24, 2.45) is 0 Å². The summed E-state index contributed by atoms with van der Waals surface area (Å²) in [5, 5.41) is 9.59. The molecule has 150 valence electrons. The highest BCUT2D eigenvalue weighted by molar-refractivity contribution is 7.92. The van der Waals surface area contributed by atoms with Crippen molar-refractivity contribution in [1.82, 2.24) is 9.97 Å². The second-order valence-corrected chi connectivity index (χ2v) is 8.38. The van der Waals surface area contributed by atoms with Crippen LogP contribution in [0.4, 0.5) is 5.69 Å². The summed E-state index contributed by atoms with van der Waals surface area (Å²) in [5.74, 6) is -1.69. The molecule has 2 heterocycles. The van der Waals surface area contributed by atoms with Crippen molar-refractivity contribution < 1.29 is 23.1 Å². The number of carboxylic acids is 1. The van der Waals surface area contributed by atoms with Crippen LogP contribution in [-0.2, 0) is 10.0 Å². The number of anilines is 1. The van der Waals surface area contributed by atoms with Gasteiger partial charge in [-0.25, -0.2) is 23.2 Å². The number of ether oxygens (including phenoxy) is 1. The van der Waals surface area contributed by atoms with E-state index < -0.39 is 16.0 Å². The molecule has 0 saturated heterocycles. The summed E-state index contributed by atoms with van der Waals surface area (Å²) in [6.07, 6.45) is 2.49. The zero-order chi connectivity index (χ0) is 21.2. The van der Waals surface area contributed by atoms with E-state index in [4.69, 9.17) is 39.5 Å². The Kier molecular flexibility index (Phi) is 6.13. The number of hydrogen-bond acceptors (Lipinski definition) is 6. The van der Waals surface area contributed by atoms with Crippen LogP contribution in [0.25, 0.3) is 0 Å². The summed E-state index contributed by atoms with van der Waals surface area (Å²) in [7, 11) is -4.11. The first kappa shape index (κ1) is 21.1. The van der Waals surface area contributed by atoms with Gasteiger partial charge in [0, 0.05) is 12.4 Å². The molecule has 29 heavy (non-hydrogen) atoms. The molecule has 2 aromatic heterocycles. The maximum atomic E-state index is 12.7. The van der Waals surface area contributed by atoms with E-state index in [0.717, 1.165) is 0 Å². The van der Waals surface area contributed by atoms with E-state index >= 15 is 0 Å². The topological polar surface area (TPSA) is 118 Å². The molecular weight excluding hydrogens is 465 g/mol. The number of nitrogens with one attached hydrogen (secondary N) is 1. The first-order valence-corrected chi connectivity index (χ1v) is 10.3. The first-order chi connectivity index (χ1) is 13.7. The fourth-order valence-corrected chi connectivity index (χ4v) is 3.76. The smallest absolute Gasteiger partial charge is 0.358 e. The third kappa shape index (κ3) is 4.88. The lowest BCUT2D eigenvalue weighted by molar-refractivity contribution is 0.0687. The van der Waals surface area contributed by atoms with Crippen LogP contribution < -0.4 is 9.46 Å². The molecule has 12 heteroatoms. The number of benzene rings is 1. The molecule has 1 aromatic carbocycles. The third-order valence-corrected chi connectivity index (χ3v) is 5.75. The van der Waals surface area contributed by atoms with E-state index in [1.54, 1.807) is 0 Å². The van der Waals surface area contributed by atoms with Gasteiger partial charge >= 0.3 is 5.97 Å². The molecule has 0 atom stereocenters. The molecule has 0 aliphatic heterocycles. The lowest BCUT2D eigenvalue weighted by Crippen LogP contribution is -2.14. The van der Waals surface area contributed by atoms with E-state index in [-0.39, 0.29) is 43.0 Å². The number of hydrogen-bond donors (Lipinski definition) is 2. The molecule has 0 aliphatic carbocycles. The standard InChI is InChI=1S/C17H10Cl3N3O5S/c18-9-6-13(23-29(26,27)10-3-4-11(19)12(20)7-10)16(22-8-9)28-14-2-1-5-21-15(14)17(24)25/h1-8,23H,(H,24,25). The van der Waals surface area contributed by atoms with Crippen molar-refractivity contribution in [1.29, 1.82) is 0 Å². The molecule has 2 N–H and O–H groups in total. The van der Waals surface area contributed by atoms with Crippen LogP contribution in [0.15, 0.2) is 53.7 Å². The summed E-state index contributed by atoms with van der Waals surface area (Å²) in [6, 6.07) is 7.84. The molecule has 0 aliphatic rings. The summed E-state index contributed by atoms with van der Waals surface area (Å²) in [5.41, 5.74) is -0.494. The van der Waals surface area contributed by atoms with Gasteiger partial charge in [-0.1, -0.05) is 34.8 Å². The number of halogens is 3. The number of aromatic nitrogens is 2. The number of pyridine rings is 2. The van der Waals surface area contributed by atoms with E-state index in [1.165, 1.54) is 48.8 Å². The normalized spacial score (nSPS) is 11.1. The van der Waals surface area contributed by atoms with Crippen molar-refractivity contribution in [2.75, 3.05) is 4.72 Å². The van der Waals surface area contributed by atoms with Crippen LogP contribution in [0.1, 0.15) is 10.5 Å². The predicted octanol–water partition coefficient (Wildman–Crippen LogP) is 4.73. The average Bonchev–Trinajstić information content (AvgIpc) is 2.66. The van der Waals surface area contributed by atoms with Crippen molar-refractivity contribution in [3.63, 3.8) is 0 Å². The van der Waals surface area contributed by atoms with E-state index in [1.807, 2.05) is 0 Å². The van der Waals surface area contributed by atoms with Gasteiger partial charge in [-0.2, -0.15) is 0 Å². The minimum atomic E-state index is -4.11. The van der Waals surface area contributed by atoms with Gasteiger partial charge in [0.2, 0.25) is 5.88 Å². The quantitative estimate of drug-likeness (QED) is 0.530. The van der Waals surface area contributed by atoms with Gasteiger partial charge in [0.05, 0.1) is 20.0 Å². The number of sulfonamides is 1. The molecule has 3 aromatic rings. The van der Waals surface area contributed by atoms with E-state index in [0.29, 0.717) is 0 Å². The Morgan fingerprint density at radius 1 is 1.07 bits per heavy atom. The number of nitrogens with zero attached hydrogens (tertiary/aromatic N) is 2. The zero-order valence-corrected chi connectivity index (χ0v) is 17.2. The maximum absolute atomic E-state index is 12.7. The van der Waals surface area contributed by atoms with Crippen LogP contribution in [0.2, 0.25) is 15.1 Å². The fourth-order valence-electron chi connectivity index (χ4n) is 2.17. The Hall–Kier alpha value is -2.59. The number of rotatable bonds is 6. The van der Waals surface area contributed by atoms with Gasteiger partial charge in [0.25, 0.3) is 10.0 Å². The fraction of sp³-hybridized carbons (Fsp3) is 0. The minimum Gasteiger partial charge on any atom is -0.476 e. The van der Waals surface area contributed by atoms with Gasteiger partial charge < -0.3 is 9.84 Å². The summed E-state index contributed by atoms with van der Waals surface area (Å²) in [6.45, 7) is 0. The Bertz CT molecular complexity index is 1200. The molecule has 3 rings (SSSR count). The monoisotopic (exact) mass is 473 g/mol. The summed E-state index contributed by atoms with van der Waals surface area (Å²) >= 11 is 17.6. The lowest BCUT2D eigenvalue weighted by Gasteiger charge is -2.14. The second kappa shape index (κ2) is 8.42. The molecule has 0 amide bonds. The molecule has 0 unspecified atom stereocenters. The molecule has 0 radical (unpaired) electrons. The Morgan fingerprint density at radius 2 is 1.83 bits per heavy atom. The number of aromatic carboxylic acids is 1. The molecule has 8 nitrogen and oxygen atoms in total. The molecule has 0 fully saturated rings. The number of carboxylic acid groups (broad SMARTS) is 1. The highest BCUT2D eigenvalue weighted by Gasteiger charge is 2.21. The van der Waals surface area contributed by atoms with Crippen LogP contribution in [0, 0.1) is 0 Å². The largest absolute Gasteiger partial charge is 0.476 e. The molecule has 0 saturated carbocycles. The Labute approximate surface area is 180 Å². The van der Waals surface area contributed by atoms with E-state index in [9.17, 15) is 18.3 Å². The molecular formula is C17H10Cl3N3O5S. The van der Waals surface area contributed by atoms with Crippen molar-refractivity contribution in [3.8, 4) is 11.6 Å². The van der Waals surface area contributed by atoms with Gasteiger partial charge in [0.15, 0.2) is 11.4 Å². The Balaban J connectivity index is 1.99. The average molecular weight is 475 g/mol. The van der Waals surface area contributed by atoms with Crippen LogP contribution in [0.3, 0.4) is 0 Å². The predicted molar refractivity (Wildman–Crippen MR) is 108 cm³/mol. The highest BCUT2D eigenvalue weighted by atomic mass is 35.5. The molecule has 0 spiro atoms. The van der Waals surface area contributed by atoms with Crippen molar-refractivity contribution in [2.45, 2.75) is 4.90 Å². The SMILES string of the molecule is O=C(O)c1ncccc1Oc1ncc(Cl)cc1NS(=O)(=O)c1ccc(Cl)c(Cl)c1. The summed E-state index contributed by atoms with van der Waals surface area (Å²) in [4.78, 5) is 18.8. The third-order valence-electron chi connectivity index (χ3n) is 3.44. The zero-order valence-electron chi connectivity index (χ0n) is 14.1. The van der Waals surface area contributed by atoms with Gasteiger partial charge in [-0.15, -0.1) is 0 Å².